The Morgan fingerprint density at radius 2 is 1.42 bits per heavy atom. The molecule has 0 spiro atoms. The summed E-state index contributed by atoms with van der Waals surface area (Å²) in [6.45, 7) is 0. The fourth-order valence-corrected chi connectivity index (χ4v) is 3.19. The number of hydrogen-bond donors (Lipinski definition) is 2. The van der Waals surface area contributed by atoms with Crippen LogP contribution in [0.3, 0.4) is 0 Å². The third-order valence-corrected chi connectivity index (χ3v) is 4.67. The zero-order valence-electron chi connectivity index (χ0n) is 17.7. The van der Waals surface area contributed by atoms with Crippen LogP contribution in [0.2, 0.25) is 0 Å². The lowest BCUT2D eigenvalue weighted by Gasteiger charge is -2.13. The summed E-state index contributed by atoms with van der Waals surface area (Å²) in [5.41, 5.74) is 1.14. The largest absolute Gasteiger partial charge is 0.493 e. The van der Waals surface area contributed by atoms with Gasteiger partial charge in [-0.15, -0.1) is 0 Å². The van der Waals surface area contributed by atoms with Gasteiger partial charge in [0.15, 0.2) is 11.5 Å². The molecular weight excluding hydrogens is 432 g/mol. The number of nitrogens with one attached hydrogen (secondary N) is 2. The topological polar surface area (TPSA) is 81.7 Å². The van der Waals surface area contributed by atoms with Crippen molar-refractivity contribution in [1.29, 1.82) is 0 Å². The van der Waals surface area contributed by atoms with Crippen molar-refractivity contribution in [3.05, 3.63) is 78.5 Å². The quantitative estimate of drug-likeness (QED) is 0.378. The van der Waals surface area contributed by atoms with E-state index in [1.54, 1.807) is 62.9 Å². The molecule has 0 atom stereocenters. The van der Waals surface area contributed by atoms with Crippen LogP contribution in [0.1, 0.15) is 0 Å². The number of rotatable bonds is 6. The summed E-state index contributed by atoms with van der Waals surface area (Å²) in [4.78, 5) is 16.5. The number of fused-ring (bicyclic) bond motifs is 1. The number of ether oxygens (including phenoxy) is 3. The Morgan fingerprint density at radius 3 is 2.09 bits per heavy atom. The number of anilines is 2. The van der Waals surface area contributed by atoms with E-state index in [1.165, 1.54) is 0 Å². The van der Waals surface area contributed by atoms with E-state index in [0.717, 1.165) is 23.6 Å². The second-order valence-electron chi connectivity index (χ2n) is 6.90. The number of methoxy groups -OCH3 is 2. The number of hydrogen-bond acceptors (Lipinski definition) is 5. The Kier molecular flexibility index (Phi) is 6.21. The van der Waals surface area contributed by atoms with E-state index in [9.17, 15) is 13.6 Å². The van der Waals surface area contributed by atoms with Crippen LogP contribution in [-0.4, -0.2) is 25.2 Å². The average molecular weight is 451 g/mol. The molecule has 0 bridgehead atoms. The van der Waals surface area contributed by atoms with E-state index < -0.39 is 17.7 Å². The minimum Gasteiger partial charge on any atom is -0.493 e. The summed E-state index contributed by atoms with van der Waals surface area (Å²) in [7, 11) is 3.10. The summed E-state index contributed by atoms with van der Waals surface area (Å²) >= 11 is 0. The number of carbonyl (C=O) groups is 1. The molecule has 33 heavy (non-hydrogen) atoms. The molecule has 1 heterocycles. The Bertz CT molecular complexity index is 1290. The van der Waals surface area contributed by atoms with Crippen molar-refractivity contribution >= 4 is 28.3 Å². The highest BCUT2D eigenvalue weighted by atomic mass is 19.1. The number of amides is 2. The molecule has 3 aromatic carbocycles. The number of pyridine rings is 1. The maximum absolute atomic E-state index is 13.3. The first-order valence-corrected chi connectivity index (χ1v) is 9.78. The van der Waals surface area contributed by atoms with Crippen LogP contribution in [0, 0.1) is 11.6 Å². The molecule has 0 saturated heterocycles. The fraction of sp³-hybridized carbons (Fsp3) is 0.0833. The molecule has 4 rings (SSSR count). The molecule has 1 aromatic heterocycles. The van der Waals surface area contributed by atoms with Crippen LogP contribution in [0.15, 0.2) is 66.9 Å². The lowest BCUT2D eigenvalue weighted by atomic mass is 10.2. The summed E-state index contributed by atoms with van der Waals surface area (Å²) in [6.07, 6.45) is 1.62. The van der Waals surface area contributed by atoms with E-state index in [2.05, 4.69) is 15.6 Å². The molecule has 0 saturated carbocycles. The normalized spacial score (nSPS) is 10.5. The van der Waals surface area contributed by atoms with Crippen LogP contribution >= 0.6 is 0 Å². The zero-order valence-corrected chi connectivity index (χ0v) is 17.7. The second kappa shape index (κ2) is 9.39. The van der Waals surface area contributed by atoms with Crippen molar-refractivity contribution in [1.82, 2.24) is 4.98 Å². The lowest BCUT2D eigenvalue weighted by Crippen LogP contribution is -2.19. The highest BCUT2D eigenvalue weighted by Crippen LogP contribution is 2.37. The molecule has 9 heteroatoms. The van der Waals surface area contributed by atoms with Crippen LogP contribution in [0.5, 0.6) is 23.0 Å². The first-order chi connectivity index (χ1) is 15.9. The SMILES string of the molecule is COc1cc2nccc(Oc3ccc(NC(=O)Nc4cc(F)cc(F)c4)cc3)c2cc1OC. The Balaban J connectivity index is 1.47. The van der Waals surface area contributed by atoms with E-state index in [0.29, 0.717) is 34.2 Å². The number of aromatic nitrogens is 1. The highest BCUT2D eigenvalue weighted by molar-refractivity contribution is 5.99. The summed E-state index contributed by atoms with van der Waals surface area (Å²) in [5, 5.41) is 5.70. The molecular formula is C24H19F2N3O4. The van der Waals surface area contributed by atoms with Gasteiger partial charge in [0.05, 0.1) is 19.7 Å². The first kappa shape index (κ1) is 21.8. The molecule has 168 valence electrons. The predicted molar refractivity (Wildman–Crippen MR) is 120 cm³/mol. The van der Waals surface area contributed by atoms with E-state index in [1.807, 2.05) is 0 Å². The van der Waals surface area contributed by atoms with Crippen LogP contribution in [-0.2, 0) is 0 Å². The third-order valence-electron chi connectivity index (χ3n) is 4.67. The van der Waals surface area contributed by atoms with Gasteiger partial charge < -0.3 is 24.8 Å². The van der Waals surface area contributed by atoms with Crippen LogP contribution in [0.25, 0.3) is 10.9 Å². The van der Waals surface area contributed by atoms with Gasteiger partial charge in [-0.3, -0.25) is 4.98 Å². The van der Waals surface area contributed by atoms with Gasteiger partial charge in [-0.25, -0.2) is 13.6 Å². The van der Waals surface area contributed by atoms with Gasteiger partial charge in [-0.05, 0) is 48.5 Å². The maximum atomic E-state index is 13.3. The molecule has 0 radical (unpaired) electrons. The van der Waals surface area contributed by atoms with Gasteiger partial charge in [0, 0.05) is 35.1 Å². The van der Waals surface area contributed by atoms with Crippen molar-refractivity contribution in [3.63, 3.8) is 0 Å². The summed E-state index contributed by atoms with van der Waals surface area (Å²) in [6, 6.07) is 14.0. The van der Waals surface area contributed by atoms with Crippen molar-refractivity contribution in [2.75, 3.05) is 24.9 Å². The van der Waals surface area contributed by atoms with Gasteiger partial charge in [0.2, 0.25) is 0 Å². The fourth-order valence-electron chi connectivity index (χ4n) is 3.19. The maximum Gasteiger partial charge on any atom is 0.323 e. The van der Waals surface area contributed by atoms with Gasteiger partial charge >= 0.3 is 6.03 Å². The molecule has 4 aromatic rings. The van der Waals surface area contributed by atoms with Crippen molar-refractivity contribution in [2.24, 2.45) is 0 Å². The molecule has 7 nitrogen and oxygen atoms in total. The van der Waals surface area contributed by atoms with Gasteiger partial charge in [0.25, 0.3) is 0 Å². The van der Waals surface area contributed by atoms with Crippen molar-refractivity contribution in [3.8, 4) is 23.0 Å². The lowest BCUT2D eigenvalue weighted by molar-refractivity contribution is 0.262. The predicted octanol–water partition coefficient (Wildman–Crippen LogP) is 5.97. The van der Waals surface area contributed by atoms with Crippen LogP contribution in [0.4, 0.5) is 25.0 Å². The van der Waals surface area contributed by atoms with Gasteiger partial charge in [0.1, 0.15) is 23.1 Å². The molecule has 0 aliphatic rings. The molecule has 2 N–H and O–H groups in total. The first-order valence-electron chi connectivity index (χ1n) is 9.78. The monoisotopic (exact) mass is 451 g/mol. The van der Waals surface area contributed by atoms with E-state index in [4.69, 9.17) is 14.2 Å². The highest BCUT2D eigenvalue weighted by Gasteiger charge is 2.12. The standard InChI is InChI=1S/C24H19F2N3O4/c1-31-22-12-19-20(13-23(22)32-2)27-8-7-21(19)33-18-5-3-16(4-6-18)28-24(30)29-17-10-14(25)9-15(26)11-17/h3-13H,1-2H3,(H2,28,29,30). The van der Waals surface area contributed by atoms with Gasteiger partial charge in [-0.2, -0.15) is 0 Å². The Morgan fingerprint density at radius 1 is 0.788 bits per heavy atom. The minimum absolute atomic E-state index is 0.00146. The molecule has 0 aliphatic heterocycles. The number of nitrogens with zero attached hydrogens (tertiary/aromatic N) is 1. The number of halogens is 2. The Hall–Kier alpha value is -4.40. The second-order valence-corrected chi connectivity index (χ2v) is 6.90. The number of carbonyl (C=O) groups excluding carboxylic acids is 1. The molecule has 0 fully saturated rings. The smallest absolute Gasteiger partial charge is 0.323 e. The number of benzene rings is 3. The molecule has 0 unspecified atom stereocenters. The van der Waals surface area contributed by atoms with Crippen molar-refractivity contribution in [2.45, 2.75) is 0 Å². The van der Waals surface area contributed by atoms with E-state index >= 15 is 0 Å². The van der Waals surface area contributed by atoms with Crippen LogP contribution < -0.4 is 24.8 Å². The van der Waals surface area contributed by atoms with Crippen molar-refractivity contribution < 1.29 is 27.8 Å². The van der Waals surface area contributed by atoms with E-state index in [-0.39, 0.29) is 5.69 Å². The minimum atomic E-state index is -0.786. The average Bonchev–Trinajstić information content (AvgIpc) is 2.79. The zero-order chi connectivity index (χ0) is 23.4. The molecule has 0 aliphatic carbocycles. The molecule has 2 amide bonds. The number of urea groups is 1. The summed E-state index contributed by atoms with van der Waals surface area (Å²) < 4.78 is 43.2. The van der Waals surface area contributed by atoms with Gasteiger partial charge in [-0.1, -0.05) is 0 Å². The Labute approximate surface area is 187 Å². The summed E-state index contributed by atoms with van der Waals surface area (Å²) in [5.74, 6) is 0.622. The third kappa shape index (κ3) is 5.09.